The molecule has 0 unspecified atom stereocenters. The van der Waals surface area contributed by atoms with E-state index in [2.05, 4.69) is 15.6 Å². The molecule has 2 heterocycles. The number of carbonyl (C=O) groups is 2. The Bertz CT molecular complexity index is 1240. The van der Waals surface area contributed by atoms with Crippen LogP contribution in [0.4, 0.5) is 11.4 Å². The molecule has 0 bridgehead atoms. The van der Waals surface area contributed by atoms with Gasteiger partial charge < -0.3 is 15.4 Å². The van der Waals surface area contributed by atoms with Crippen molar-refractivity contribution in [2.24, 2.45) is 7.05 Å². The zero-order valence-corrected chi connectivity index (χ0v) is 16.8. The number of nitrogens with one attached hydrogen (secondary N) is 2. The van der Waals surface area contributed by atoms with E-state index in [0.29, 0.717) is 23.7 Å². The first-order chi connectivity index (χ1) is 14.3. The first-order valence-corrected chi connectivity index (χ1v) is 9.20. The second-order valence-electron chi connectivity index (χ2n) is 6.48. The Morgan fingerprint density at radius 1 is 1.13 bits per heavy atom. The van der Waals surface area contributed by atoms with E-state index in [1.54, 1.807) is 31.2 Å². The van der Waals surface area contributed by atoms with Gasteiger partial charge in [0.1, 0.15) is 17.7 Å². The van der Waals surface area contributed by atoms with Crippen LogP contribution in [-0.2, 0) is 23.2 Å². The van der Waals surface area contributed by atoms with E-state index in [4.69, 9.17) is 4.74 Å². The van der Waals surface area contributed by atoms with Crippen LogP contribution in [0.15, 0.2) is 46.1 Å². The van der Waals surface area contributed by atoms with Crippen molar-refractivity contribution in [2.45, 2.75) is 20.4 Å². The Balaban J connectivity index is 1.95. The zero-order valence-electron chi connectivity index (χ0n) is 16.8. The van der Waals surface area contributed by atoms with Gasteiger partial charge in [-0.2, -0.15) is 0 Å². The molecule has 0 aliphatic carbocycles. The molecule has 10 nitrogen and oxygen atoms in total. The monoisotopic (exact) mass is 411 g/mol. The molecular weight excluding hydrogens is 390 g/mol. The minimum absolute atomic E-state index is 0.127. The number of anilines is 2. The highest BCUT2D eigenvalue weighted by Gasteiger charge is 2.18. The van der Waals surface area contributed by atoms with Crippen LogP contribution in [0.5, 0.6) is 5.75 Å². The van der Waals surface area contributed by atoms with Gasteiger partial charge in [0.2, 0.25) is 11.8 Å². The van der Waals surface area contributed by atoms with Gasteiger partial charge in [0.25, 0.3) is 5.56 Å². The first kappa shape index (κ1) is 20.8. The van der Waals surface area contributed by atoms with Crippen molar-refractivity contribution in [1.82, 2.24) is 14.1 Å². The maximum absolute atomic E-state index is 13.0. The SMILES string of the molecule is CCOc1ccnc2c1c(=O)n(CC(=O)Nc1cccc(NC(C)=O)c1)c(=O)n2C. The maximum Gasteiger partial charge on any atom is 0.332 e. The summed E-state index contributed by atoms with van der Waals surface area (Å²) in [5, 5.41) is 5.36. The summed E-state index contributed by atoms with van der Waals surface area (Å²) in [6.07, 6.45) is 1.45. The van der Waals surface area contributed by atoms with Crippen molar-refractivity contribution in [3.8, 4) is 5.75 Å². The number of amides is 2. The number of aryl methyl sites for hydroxylation is 1. The second kappa shape index (κ2) is 8.60. The van der Waals surface area contributed by atoms with Gasteiger partial charge in [0.05, 0.1) is 6.61 Å². The number of carbonyl (C=O) groups excluding carboxylic acids is 2. The fourth-order valence-corrected chi connectivity index (χ4v) is 3.02. The molecule has 156 valence electrons. The van der Waals surface area contributed by atoms with Gasteiger partial charge >= 0.3 is 5.69 Å². The maximum atomic E-state index is 13.0. The van der Waals surface area contributed by atoms with E-state index < -0.39 is 23.7 Å². The van der Waals surface area contributed by atoms with E-state index in [-0.39, 0.29) is 16.9 Å². The number of hydrogen-bond donors (Lipinski definition) is 2. The van der Waals surface area contributed by atoms with Gasteiger partial charge in [0.15, 0.2) is 5.65 Å². The van der Waals surface area contributed by atoms with Crippen LogP contribution >= 0.6 is 0 Å². The number of benzene rings is 1. The van der Waals surface area contributed by atoms with Crippen LogP contribution in [0, 0.1) is 0 Å². The van der Waals surface area contributed by atoms with Gasteiger partial charge in [0, 0.05) is 31.5 Å². The van der Waals surface area contributed by atoms with Crippen molar-refractivity contribution < 1.29 is 14.3 Å². The molecule has 0 saturated carbocycles. The van der Waals surface area contributed by atoms with E-state index in [0.717, 1.165) is 4.57 Å². The number of fused-ring (bicyclic) bond motifs is 1. The number of pyridine rings is 1. The third kappa shape index (κ3) is 4.22. The van der Waals surface area contributed by atoms with Crippen LogP contribution in [0.1, 0.15) is 13.8 Å². The molecule has 1 aromatic carbocycles. The predicted octanol–water partition coefficient (Wildman–Crippen LogP) is 1.09. The standard InChI is InChI=1S/C20H21N5O5/c1-4-30-15-8-9-21-18-17(15)19(28)25(20(29)24(18)3)11-16(27)23-14-7-5-6-13(10-14)22-12(2)26/h5-10H,4,11H2,1-3H3,(H,22,26)(H,23,27). The van der Waals surface area contributed by atoms with Gasteiger partial charge in [-0.1, -0.05) is 6.07 Å². The molecule has 30 heavy (non-hydrogen) atoms. The molecule has 0 saturated heterocycles. The van der Waals surface area contributed by atoms with Crippen molar-refractivity contribution in [1.29, 1.82) is 0 Å². The molecular formula is C20H21N5O5. The minimum Gasteiger partial charge on any atom is -0.493 e. The largest absolute Gasteiger partial charge is 0.493 e. The van der Waals surface area contributed by atoms with Crippen LogP contribution < -0.4 is 26.6 Å². The summed E-state index contributed by atoms with van der Waals surface area (Å²) in [4.78, 5) is 53.4. The highest BCUT2D eigenvalue weighted by molar-refractivity contribution is 5.93. The molecule has 0 atom stereocenters. The van der Waals surface area contributed by atoms with Gasteiger partial charge in [-0.05, 0) is 31.2 Å². The summed E-state index contributed by atoms with van der Waals surface area (Å²) < 4.78 is 7.52. The molecule has 2 N–H and O–H groups in total. The second-order valence-corrected chi connectivity index (χ2v) is 6.48. The number of nitrogens with zero attached hydrogens (tertiary/aromatic N) is 3. The third-order valence-corrected chi connectivity index (χ3v) is 4.26. The van der Waals surface area contributed by atoms with Gasteiger partial charge in [-0.25, -0.2) is 14.3 Å². The Hall–Kier alpha value is -3.95. The summed E-state index contributed by atoms with van der Waals surface area (Å²) in [7, 11) is 1.47. The lowest BCUT2D eigenvalue weighted by atomic mass is 10.2. The van der Waals surface area contributed by atoms with Crippen LogP contribution in [0.25, 0.3) is 11.0 Å². The van der Waals surface area contributed by atoms with Crippen LogP contribution in [-0.4, -0.2) is 32.5 Å². The normalized spacial score (nSPS) is 10.6. The summed E-state index contributed by atoms with van der Waals surface area (Å²) in [6.45, 7) is 2.98. The fourth-order valence-electron chi connectivity index (χ4n) is 3.02. The lowest BCUT2D eigenvalue weighted by Crippen LogP contribution is -2.42. The first-order valence-electron chi connectivity index (χ1n) is 9.20. The zero-order chi connectivity index (χ0) is 21.8. The van der Waals surface area contributed by atoms with Crippen molar-refractivity contribution in [2.75, 3.05) is 17.2 Å². The fraction of sp³-hybridized carbons (Fsp3) is 0.250. The van der Waals surface area contributed by atoms with Crippen molar-refractivity contribution in [3.05, 3.63) is 57.4 Å². The van der Waals surface area contributed by atoms with Crippen LogP contribution in [0.2, 0.25) is 0 Å². The summed E-state index contributed by atoms with van der Waals surface area (Å²) >= 11 is 0. The molecule has 0 fully saturated rings. The molecule has 2 aromatic heterocycles. The number of aromatic nitrogens is 3. The van der Waals surface area contributed by atoms with Crippen molar-refractivity contribution >= 4 is 34.2 Å². The molecule has 0 aliphatic heterocycles. The quantitative estimate of drug-likeness (QED) is 0.626. The molecule has 0 aliphatic rings. The molecule has 10 heteroatoms. The van der Waals surface area contributed by atoms with E-state index >= 15 is 0 Å². The minimum atomic E-state index is -0.671. The Morgan fingerprint density at radius 2 is 1.83 bits per heavy atom. The highest BCUT2D eigenvalue weighted by Crippen LogP contribution is 2.19. The Kier molecular flexibility index (Phi) is 5.95. The summed E-state index contributed by atoms with van der Waals surface area (Å²) in [5.41, 5.74) is -0.238. The Labute approximate surface area is 171 Å². The molecule has 3 aromatic rings. The summed E-state index contributed by atoms with van der Waals surface area (Å²) in [5.74, 6) is -0.529. The number of hydrogen-bond acceptors (Lipinski definition) is 6. The molecule has 2 amide bonds. The van der Waals surface area contributed by atoms with Gasteiger partial charge in [-0.3, -0.25) is 19.0 Å². The van der Waals surface area contributed by atoms with Crippen molar-refractivity contribution in [3.63, 3.8) is 0 Å². The molecule has 3 rings (SSSR count). The Morgan fingerprint density at radius 3 is 2.50 bits per heavy atom. The van der Waals surface area contributed by atoms with Gasteiger partial charge in [-0.15, -0.1) is 0 Å². The lowest BCUT2D eigenvalue weighted by molar-refractivity contribution is -0.117. The lowest BCUT2D eigenvalue weighted by Gasteiger charge is -2.13. The third-order valence-electron chi connectivity index (χ3n) is 4.26. The highest BCUT2D eigenvalue weighted by atomic mass is 16.5. The van der Waals surface area contributed by atoms with E-state index in [9.17, 15) is 19.2 Å². The predicted molar refractivity (Wildman–Crippen MR) is 112 cm³/mol. The average Bonchev–Trinajstić information content (AvgIpc) is 2.69. The van der Waals surface area contributed by atoms with E-state index in [1.165, 1.54) is 30.8 Å². The molecule has 0 spiro atoms. The number of rotatable bonds is 6. The van der Waals surface area contributed by atoms with E-state index in [1.807, 2.05) is 0 Å². The average molecular weight is 411 g/mol. The molecule has 0 radical (unpaired) electrons. The summed E-state index contributed by atoms with van der Waals surface area (Å²) in [6, 6.07) is 8.06. The number of ether oxygens (including phenoxy) is 1. The van der Waals surface area contributed by atoms with Crippen LogP contribution in [0.3, 0.4) is 0 Å². The smallest absolute Gasteiger partial charge is 0.332 e. The topological polar surface area (TPSA) is 124 Å².